The molecule has 19 heavy (non-hydrogen) atoms. The molecule has 0 aliphatic rings. The molecule has 1 aromatic carbocycles. The Kier molecular flexibility index (Phi) is 3.10. The van der Waals surface area contributed by atoms with Gasteiger partial charge in [-0.3, -0.25) is 0 Å². The summed E-state index contributed by atoms with van der Waals surface area (Å²) in [6.45, 7) is 2.93. The fourth-order valence-electron chi connectivity index (χ4n) is 2.02. The summed E-state index contributed by atoms with van der Waals surface area (Å²) in [5.41, 5.74) is 4.02. The van der Waals surface area contributed by atoms with E-state index in [-0.39, 0.29) is 0 Å². The van der Waals surface area contributed by atoms with Crippen LogP contribution in [0.15, 0.2) is 36.8 Å². The van der Waals surface area contributed by atoms with Crippen LogP contribution in [0.5, 0.6) is 0 Å². The molecule has 0 fully saturated rings. The average molecular weight is 253 g/mol. The van der Waals surface area contributed by atoms with Crippen molar-refractivity contribution in [3.05, 3.63) is 48.2 Å². The summed E-state index contributed by atoms with van der Waals surface area (Å²) in [5.74, 6) is 0.927. The number of rotatable bonds is 4. The highest BCUT2D eigenvalue weighted by Crippen LogP contribution is 2.13. The van der Waals surface area contributed by atoms with E-state index in [1.165, 1.54) is 17.6 Å². The SMILES string of the molecule is Cc1ccccc1NCCc1nc2ncncc2[nH]1. The van der Waals surface area contributed by atoms with E-state index in [1.54, 1.807) is 6.20 Å². The predicted molar refractivity (Wildman–Crippen MR) is 75.1 cm³/mol. The largest absolute Gasteiger partial charge is 0.384 e. The minimum atomic E-state index is 0.723. The van der Waals surface area contributed by atoms with Gasteiger partial charge in [-0.05, 0) is 18.6 Å². The molecule has 0 saturated carbocycles. The lowest BCUT2D eigenvalue weighted by molar-refractivity contribution is 0.932. The maximum Gasteiger partial charge on any atom is 0.180 e. The minimum absolute atomic E-state index is 0.723. The number of nitrogens with one attached hydrogen (secondary N) is 2. The third-order valence-corrected chi connectivity index (χ3v) is 3.03. The van der Waals surface area contributed by atoms with E-state index in [0.29, 0.717) is 0 Å². The molecule has 0 radical (unpaired) electrons. The Morgan fingerprint density at radius 1 is 1.26 bits per heavy atom. The quantitative estimate of drug-likeness (QED) is 0.748. The lowest BCUT2D eigenvalue weighted by Crippen LogP contribution is -2.06. The molecule has 3 aromatic rings. The van der Waals surface area contributed by atoms with Crippen LogP contribution in [0.4, 0.5) is 5.69 Å². The number of benzene rings is 1. The molecule has 2 aromatic heterocycles. The van der Waals surface area contributed by atoms with Gasteiger partial charge in [-0.2, -0.15) is 0 Å². The molecule has 0 atom stereocenters. The monoisotopic (exact) mass is 253 g/mol. The normalized spacial score (nSPS) is 10.8. The zero-order valence-corrected chi connectivity index (χ0v) is 10.7. The van der Waals surface area contributed by atoms with E-state index in [0.717, 1.165) is 30.0 Å². The summed E-state index contributed by atoms with van der Waals surface area (Å²) >= 11 is 0. The summed E-state index contributed by atoms with van der Waals surface area (Å²) in [7, 11) is 0. The number of fused-ring (bicyclic) bond motifs is 1. The second kappa shape index (κ2) is 5.06. The average Bonchev–Trinajstić information content (AvgIpc) is 2.83. The Bertz CT molecular complexity index is 656. The first-order valence-corrected chi connectivity index (χ1v) is 6.27. The van der Waals surface area contributed by atoms with Crippen LogP contribution >= 0.6 is 0 Å². The Morgan fingerprint density at radius 3 is 3.00 bits per heavy atom. The van der Waals surface area contributed by atoms with Gasteiger partial charge in [-0.15, -0.1) is 0 Å². The van der Waals surface area contributed by atoms with Crippen molar-refractivity contribution in [2.75, 3.05) is 11.9 Å². The first kappa shape index (κ1) is 11.6. The van der Waals surface area contributed by atoms with E-state index >= 15 is 0 Å². The topological polar surface area (TPSA) is 66.5 Å². The lowest BCUT2D eigenvalue weighted by Gasteiger charge is -2.07. The molecule has 0 bridgehead atoms. The second-order valence-corrected chi connectivity index (χ2v) is 4.44. The molecule has 2 heterocycles. The van der Waals surface area contributed by atoms with Gasteiger partial charge in [0.2, 0.25) is 0 Å². The number of imidazole rings is 1. The van der Waals surface area contributed by atoms with Crippen molar-refractivity contribution in [1.29, 1.82) is 0 Å². The summed E-state index contributed by atoms with van der Waals surface area (Å²) in [4.78, 5) is 15.7. The molecular formula is C14H15N5. The van der Waals surface area contributed by atoms with Crippen molar-refractivity contribution in [3.63, 3.8) is 0 Å². The van der Waals surface area contributed by atoms with Gasteiger partial charge in [0.05, 0.1) is 6.20 Å². The number of hydrogen-bond acceptors (Lipinski definition) is 4. The fourth-order valence-corrected chi connectivity index (χ4v) is 2.02. The van der Waals surface area contributed by atoms with Crippen LogP contribution in [-0.4, -0.2) is 26.5 Å². The maximum atomic E-state index is 4.42. The van der Waals surface area contributed by atoms with Gasteiger partial charge in [-0.25, -0.2) is 15.0 Å². The van der Waals surface area contributed by atoms with Crippen molar-refractivity contribution in [1.82, 2.24) is 19.9 Å². The molecule has 3 rings (SSSR count). The van der Waals surface area contributed by atoms with Crippen molar-refractivity contribution in [2.45, 2.75) is 13.3 Å². The molecule has 5 heteroatoms. The van der Waals surface area contributed by atoms with Crippen LogP contribution in [0.3, 0.4) is 0 Å². The van der Waals surface area contributed by atoms with E-state index in [1.807, 2.05) is 12.1 Å². The first-order chi connectivity index (χ1) is 9.33. The second-order valence-electron chi connectivity index (χ2n) is 4.44. The highest BCUT2D eigenvalue weighted by atomic mass is 15.0. The molecule has 5 nitrogen and oxygen atoms in total. The van der Waals surface area contributed by atoms with Gasteiger partial charge in [0.25, 0.3) is 0 Å². The lowest BCUT2D eigenvalue weighted by atomic mass is 10.2. The van der Waals surface area contributed by atoms with Crippen LogP contribution in [0.1, 0.15) is 11.4 Å². The molecular weight excluding hydrogens is 238 g/mol. The van der Waals surface area contributed by atoms with Crippen LogP contribution < -0.4 is 5.32 Å². The zero-order valence-electron chi connectivity index (χ0n) is 10.7. The van der Waals surface area contributed by atoms with Crippen molar-refractivity contribution in [3.8, 4) is 0 Å². The molecule has 0 spiro atoms. The van der Waals surface area contributed by atoms with Crippen LogP contribution in [0.2, 0.25) is 0 Å². The van der Waals surface area contributed by atoms with E-state index in [2.05, 4.69) is 44.3 Å². The number of aromatic nitrogens is 4. The third kappa shape index (κ3) is 2.54. The van der Waals surface area contributed by atoms with Crippen molar-refractivity contribution >= 4 is 16.9 Å². The number of aromatic amines is 1. The number of H-pyrrole nitrogens is 1. The van der Waals surface area contributed by atoms with Gasteiger partial charge in [0.1, 0.15) is 17.7 Å². The van der Waals surface area contributed by atoms with E-state index < -0.39 is 0 Å². The first-order valence-electron chi connectivity index (χ1n) is 6.27. The van der Waals surface area contributed by atoms with Gasteiger partial charge in [0, 0.05) is 18.7 Å². The molecule has 0 aliphatic heterocycles. The van der Waals surface area contributed by atoms with Crippen LogP contribution in [-0.2, 0) is 6.42 Å². The number of hydrogen-bond donors (Lipinski definition) is 2. The highest BCUT2D eigenvalue weighted by molar-refractivity contribution is 5.68. The fraction of sp³-hybridized carbons (Fsp3) is 0.214. The molecule has 0 amide bonds. The Hall–Kier alpha value is -2.43. The van der Waals surface area contributed by atoms with Gasteiger partial charge in [0.15, 0.2) is 5.65 Å². The minimum Gasteiger partial charge on any atom is -0.384 e. The molecule has 0 aliphatic carbocycles. The Balaban J connectivity index is 1.65. The molecule has 2 N–H and O–H groups in total. The van der Waals surface area contributed by atoms with Crippen molar-refractivity contribution < 1.29 is 0 Å². The highest BCUT2D eigenvalue weighted by Gasteiger charge is 2.03. The molecule has 96 valence electrons. The van der Waals surface area contributed by atoms with Crippen molar-refractivity contribution in [2.24, 2.45) is 0 Å². The maximum absolute atomic E-state index is 4.42. The Morgan fingerprint density at radius 2 is 2.16 bits per heavy atom. The summed E-state index contributed by atoms with van der Waals surface area (Å²) in [5, 5.41) is 3.41. The summed E-state index contributed by atoms with van der Waals surface area (Å²) in [6.07, 6.45) is 4.08. The Labute approximate surface area is 111 Å². The standard InChI is InChI=1S/C14H15N5/c1-10-4-2-3-5-11(10)16-7-6-13-18-12-8-15-9-17-14(12)19-13/h2-5,8-9,16H,6-7H2,1H3,(H,15,17,18,19). The third-order valence-electron chi connectivity index (χ3n) is 3.03. The van der Waals surface area contributed by atoms with Gasteiger partial charge >= 0.3 is 0 Å². The van der Waals surface area contributed by atoms with Crippen LogP contribution in [0, 0.1) is 6.92 Å². The number of para-hydroxylation sites is 1. The van der Waals surface area contributed by atoms with Gasteiger partial charge in [-0.1, -0.05) is 18.2 Å². The van der Waals surface area contributed by atoms with E-state index in [4.69, 9.17) is 0 Å². The number of aryl methyl sites for hydroxylation is 1. The smallest absolute Gasteiger partial charge is 0.180 e. The summed E-state index contributed by atoms with van der Waals surface area (Å²) < 4.78 is 0. The van der Waals surface area contributed by atoms with Gasteiger partial charge < -0.3 is 10.3 Å². The molecule has 0 unspecified atom stereocenters. The summed E-state index contributed by atoms with van der Waals surface area (Å²) in [6, 6.07) is 8.25. The number of nitrogens with zero attached hydrogens (tertiary/aromatic N) is 3. The molecule has 0 saturated heterocycles. The van der Waals surface area contributed by atoms with E-state index in [9.17, 15) is 0 Å². The van der Waals surface area contributed by atoms with Crippen LogP contribution in [0.25, 0.3) is 11.2 Å². The predicted octanol–water partition coefficient (Wildman–Crippen LogP) is 2.32. The zero-order chi connectivity index (χ0) is 13.1. The number of anilines is 1.